The number of amides is 1. The van der Waals surface area contributed by atoms with E-state index in [1.807, 2.05) is 73.6 Å². The molecule has 0 fully saturated rings. The summed E-state index contributed by atoms with van der Waals surface area (Å²) in [6.07, 6.45) is 0.573. The Morgan fingerprint density at radius 3 is 2.39 bits per heavy atom. The number of ether oxygens (including phenoxy) is 1. The highest BCUT2D eigenvalue weighted by Gasteiger charge is 2.11. The predicted octanol–water partition coefficient (Wildman–Crippen LogP) is 4.42. The van der Waals surface area contributed by atoms with Crippen molar-refractivity contribution >= 4 is 22.7 Å². The Kier molecular flexibility index (Phi) is 5.89. The van der Waals surface area contributed by atoms with E-state index in [4.69, 9.17) is 9.15 Å². The molecule has 4 aromatic rings. The monoisotopic (exact) mass is 415 g/mol. The molecule has 3 aromatic carbocycles. The van der Waals surface area contributed by atoms with Gasteiger partial charge in [0.25, 0.3) is 5.91 Å². The summed E-state index contributed by atoms with van der Waals surface area (Å²) < 4.78 is 11.1. The summed E-state index contributed by atoms with van der Waals surface area (Å²) in [5.41, 5.74) is 5.12. The van der Waals surface area contributed by atoms with Crippen molar-refractivity contribution in [2.75, 3.05) is 26.1 Å². The molecular weight excluding hydrogens is 390 g/mol. The number of hydrogen-bond donors (Lipinski definition) is 1. The molecule has 0 unspecified atom stereocenters. The summed E-state index contributed by atoms with van der Waals surface area (Å²) in [4.78, 5) is 19.2. The Bertz CT molecular complexity index is 1180. The Morgan fingerprint density at radius 2 is 1.71 bits per heavy atom. The summed E-state index contributed by atoms with van der Waals surface area (Å²) in [7, 11) is 5.64. The average molecular weight is 415 g/mol. The lowest BCUT2D eigenvalue weighted by atomic mass is 10.1. The number of carbonyl (C=O) groups excluding carboxylic acids is 1. The van der Waals surface area contributed by atoms with Gasteiger partial charge in [-0.15, -0.1) is 0 Å². The molecule has 0 aliphatic carbocycles. The lowest BCUT2D eigenvalue weighted by Gasteiger charge is -2.13. The van der Waals surface area contributed by atoms with Crippen molar-refractivity contribution in [2.24, 2.45) is 0 Å². The molecule has 1 heterocycles. The first-order valence-electron chi connectivity index (χ1n) is 10.1. The third-order valence-electron chi connectivity index (χ3n) is 5.12. The van der Waals surface area contributed by atoms with Crippen LogP contribution in [-0.4, -0.2) is 32.1 Å². The maximum absolute atomic E-state index is 12.6. The highest BCUT2D eigenvalue weighted by Crippen LogP contribution is 2.21. The molecule has 1 N–H and O–H groups in total. The Hall–Kier alpha value is -3.80. The van der Waals surface area contributed by atoms with Gasteiger partial charge in [-0.1, -0.05) is 24.3 Å². The van der Waals surface area contributed by atoms with Crippen molar-refractivity contribution in [1.29, 1.82) is 0 Å². The van der Waals surface area contributed by atoms with Crippen LogP contribution in [0.5, 0.6) is 5.75 Å². The molecule has 6 nitrogen and oxygen atoms in total. The van der Waals surface area contributed by atoms with Crippen LogP contribution in [-0.2, 0) is 13.0 Å². The first kappa shape index (κ1) is 20.5. The van der Waals surface area contributed by atoms with Crippen molar-refractivity contribution in [2.45, 2.75) is 13.0 Å². The SMILES string of the molecule is COc1ccc(Cc2nc3ccc(C(=O)NCc4ccc(N(C)C)cc4)cc3o2)cc1. The fourth-order valence-corrected chi connectivity index (χ4v) is 3.30. The number of carbonyl (C=O) groups is 1. The number of fused-ring (bicyclic) bond motifs is 1. The number of rotatable bonds is 7. The van der Waals surface area contributed by atoms with Crippen molar-refractivity contribution in [3.63, 3.8) is 0 Å². The van der Waals surface area contributed by atoms with Gasteiger partial charge in [0.2, 0.25) is 0 Å². The molecule has 6 heteroatoms. The third kappa shape index (κ3) is 4.86. The van der Waals surface area contributed by atoms with Crippen molar-refractivity contribution < 1.29 is 13.9 Å². The molecule has 0 spiro atoms. The smallest absolute Gasteiger partial charge is 0.251 e. The molecule has 0 bridgehead atoms. The van der Waals surface area contributed by atoms with Gasteiger partial charge < -0.3 is 19.4 Å². The summed E-state index contributed by atoms with van der Waals surface area (Å²) in [6, 6.07) is 21.2. The van der Waals surface area contributed by atoms with E-state index < -0.39 is 0 Å². The van der Waals surface area contributed by atoms with Crippen LogP contribution in [0.3, 0.4) is 0 Å². The predicted molar refractivity (Wildman–Crippen MR) is 122 cm³/mol. The zero-order chi connectivity index (χ0) is 21.8. The van der Waals surface area contributed by atoms with Gasteiger partial charge in [0.15, 0.2) is 11.5 Å². The summed E-state index contributed by atoms with van der Waals surface area (Å²) >= 11 is 0. The van der Waals surface area contributed by atoms with Crippen LogP contribution < -0.4 is 15.0 Å². The van der Waals surface area contributed by atoms with Crippen LogP contribution in [0.2, 0.25) is 0 Å². The minimum absolute atomic E-state index is 0.147. The van der Waals surface area contributed by atoms with Crippen LogP contribution in [0.25, 0.3) is 11.1 Å². The van der Waals surface area contributed by atoms with Gasteiger partial charge >= 0.3 is 0 Å². The Labute approximate surface area is 181 Å². The van der Waals surface area contributed by atoms with Crippen molar-refractivity contribution in [3.05, 3.63) is 89.3 Å². The second-order valence-electron chi connectivity index (χ2n) is 7.56. The highest BCUT2D eigenvalue weighted by molar-refractivity contribution is 5.97. The number of oxazole rings is 1. The fourth-order valence-electron chi connectivity index (χ4n) is 3.30. The van der Waals surface area contributed by atoms with Gasteiger partial charge in [-0.3, -0.25) is 4.79 Å². The van der Waals surface area contributed by atoms with E-state index in [1.165, 1.54) is 0 Å². The number of anilines is 1. The first-order valence-corrected chi connectivity index (χ1v) is 10.1. The topological polar surface area (TPSA) is 67.6 Å². The molecule has 4 rings (SSSR count). The van der Waals surface area contributed by atoms with Crippen molar-refractivity contribution in [3.8, 4) is 5.75 Å². The van der Waals surface area contributed by atoms with Crippen LogP contribution in [0.4, 0.5) is 5.69 Å². The highest BCUT2D eigenvalue weighted by atomic mass is 16.5. The summed E-state index contributed by atoms with van der Waals surface area (Å²) in [5, 5.41) is 2.96. The van der Waals surface area contributed by atoms with Crippen LogP contribution in [0.15, 0.2) is 71.1 Å². The molecule has 0 aliphatic rings. The van der Waals surface area contributed by atoms with E-state index in [-0.39, 0.29) is 5.91 Å². The Morgan fingerprint density at radius 1 is 1.00 bits per heavy atom. The standard InChI is InChI=1S/C25H25N3O3/c1-28(2)20-9-4-18(5-10-20)16-26-25(29)19-8-13-22-23(15-19)31-24(27-22)14-17-6-11-21(30-3)12-7-17/h4-13,15H,14,16H2,1-3H3,(H,26,29). The average Bonchev–Trinajstić information content (AvgIpc) is 3.19. The van der Waals surface area contributed by atoms with E-state index in [0.29, 0.717) is 30.0 Å². The zero-order valence-corrected chi connectivity index (χ0v) is 17.9. The third-order valence-corrected chi connectivity index (χ3v) is 5.12. The summed E-state index contributed by atoms with van der Waals surface area (Å²) in [5.74, 6) is 1.27. The fraction of sp³-hybridized carbons (Fsp3) is 0.200. The van der Waals surface area contributed by atoms with Crippen LogP contribution in [0.1, 0.15) is 27.4 Å². The van der Waals surface area contributed by atoms with Gasteiger partial charge in [-0.2, -0.15) is 0 Å². The van der Waals surface area contributed by atoms with Gasteiger partial charge in [-0.25, -0.2) is 4.98 Å². The lowest BCUT2D eigenvalue weighted by Crippen LogP contribution is -2.22. The van der Waals surface area contributed by atoms with Gasteiger partial charge in [0.05, 0.1) is 7.11 Å². The Balaban J connectivity index is 1.42. The maximum Gasteiger partial charge on any atom is 0.251 e. The molecule has 0 saturated carbocycles. The molecule has 0 aliphatic heterocycles. The molecule has 1 amide bonds. The minimum atomic E-state index is -0.147. The molecule has 158 valence electrons. The molecule has 0 saturated heterocycles. The summed E-state index contributed by atoms with van der Waals surface area (Å²) in [6.45, 7) is 0.462. The van der Waals surface area contributed by atoms with Gasteiger partial charge in [0, 0.05) is 38.3 Å². The first-order chi connectivity index (χ1) is 15.0. The largest absolute Gasteiger partial charge is 0.497 e. The molecule has 0 radical (unpaired) electrons. The minimum Gasteiger partial charge on any atom is -0.497 e. The second-order valence-corrected chi connectivity index (χ2v) is 7.56. The number of aromatic nitrogens is 1. The number of hydrogen-bond acceptors (Lipinski definition) is 5. The van der Waals surface area contributed by atoms with Crippen LogP contribution in [0, 0.1) is 0 Å². The molecule has 0 atom stereocenters. The lowest BCUT2D eigenvalue weighted by molar-refractivity contribution is 0.0951. The zero-order valence-electron chi connectivity index (χ0n) is 17.9. The molecule has 1 aromatic heterocycles. The molecule has 31 heavy (non-hydrogen) atoms. The van der Waals surface area contributed by atoms with E-state index in [9.17, 15) is 4.79 Å². The van der Waals surface area contributed by atoms with Crippen molar-refractivity contribution in [1.82, 2.24) is 10.3 Å². The van der Waals surface area contributed by atoms with E-state index >= 15 is 0 Å². The van der Waals surface area contributed by atoms with E-state index in [1.54, 1.807) is 19.2 Å². The van der Waals surface area contributed by atoms with E-state index in [2.05, 4.69) is 10.3 Å². The number of benzene rings is 3. The maximum atomic E-state index is 12.6. The van der Waals surface area contributed by atoms with Gasteiger partial charge in [0.1, 0.15) is 11.3 Å². The van der Waals surface area contributed by atoms with Gasteiger partial charge in [-0.05, 0) is 53.6 Å². The number of methoxy groups -OCH3 is 1. The quantitative estimate of drug-likeness (QED) is 0.484. The van der Waals surface area contributed by atoms with Crippen LogP contribution >= 0.6 is 0 Å². The second kappa shape index (κ2) is 8.92. The normalized spacial score (nSPS) is 10.8. The van der Waals surface area contributed by atoms with E-state index in [0.717, 1.165) is 28.1 Å². The number of nitrogens with zero attached hydrogens (tertiary/aromatic N) is 2. The number of nitrogens with one attached hydrogen (secondary N) is 1. The molecular formula is C25H25N3O3.